The first kappa shape index (κ1) is 21.1. The van der Waals surface area contributed by atoms with Crippen LogP contribution < -0.4 is 10.7 Å². The number of aromatic nitrogens is 3. The van der Waals surface area contributed by atoms with Crippen molar-refractivity contribution in [3.05, 3.63) is 62.6 Å². The van der Waals surface area contributed by atoms with Gasteiger partial charge in [-0.2, -0.15) is 13.2 Å². The van der Waals surface area contributed by atoms with E-state index in [9.17, 15) is 22.8 Å². The van der Waals surface area contributed by atoms with Gasteiger partial charge in [0.25, 0.3) is 5.91 Å². The molecular weight excluding hydrogens is 432 g/mol. The lowest BCUT2D eigenvalue weighted by Crippen LogP contribution is -2.46. The first-order valence-corrected chi connectivity index (χ1v) is 9.09. The zero-order chi connectivity index (χ0) is 21.3. The quantitative estimate of drug-likeness (QED) is 0.612. The van der Waals surface area contributed by atoms with Crippen LogP contribution in [0.25, 0.3) is 16.9 Å². The van der Waals surface area contributed by atoms with Crippen LogP contribution in [-0.4, -0.2) is 32.7 Å². The fraction of sp³-hybridized carbons (Fsp3) is 0.222. The van der Waals surface area contributed by atoms with Gasteiger partial charge >= 0.3 is 6.18 Å². The Morgan fingerprint density at radius 2 is 2.00 bits per heavy atom. The molecule has 0 aliphatic carbocycles. The van der Waals surface area contributed by atoms with Crippen LogP contribution in [-0.2, 0) is 0 Å². The summed E-state index contributed by atoms with van der Waals surface area (Å²) in [6.07, 6.45) is -2.56. The Balaban J connectivity index is 2.23. The Labute approximate surface area is 172 Å². The van der Waals surface area contributed by atoms with Gasteiger partial charge in [0.2, 0.25) is 5.43 Å². The standard InChI is InChI=1S/C18H13Cl2F3N4O2/c1-2-12(18(21,22)23)25-17(29)10-8-27(16-11(19)4-3-7-24-16)15-9(14(10)28)5-6-13(20)26-15/h3-8,12H,2H2,1H3,(H,25,29)/t12-/m1/s1. The van der Waals surface area contributed by atoms with Crippen LogP contribution in [0.1, 0.15) is 23.7 Å². The van der Waals surface area contributed by atoms with Crippen LogP contribution >= 0.6 is 23.2 Å². The van der Waals surface area contributed by atoms with E-state index in [4.69, 9.17) is 23.2 Å². The molecule has 0 saturated heterocycles. The molecule has 0 aliphatic heterocycles. The molecule has 0 unspecified atom stereocenters. The van der Waals surface area contributed by atoms with Crippen molar-refractivity contribution < 1.29 is 18.0 Å². The number of carbonyl (C=O) groups excluding carboxylic acids is 1. The molecular formula is C18H13Cl2F3N4O2. The number of amides is 1. The summed E-state index contributed by atoms with van der Waals surface area (Å²) in [7, 11) is 0. The minimum absolute atomic E-state index is 0.0242. The highest BCUT2D eigenvalue weighted by Gasteiger charge is 2.39. The van der Waals surface area contributed by atoms with E-state index in [0.717, 1.165) is 6.20 Å². The lowest BCUT2D eigenvalue weighted by Gasteiger charge is -2.20. The third kappa shape index (κ3) is 4.20. The van der Waals surface area contributed by atoms with Gasteiger partial charge in [-0.25, -0.2) is 9.97 Å². The molecule has 0 aliphatic rings. The topological polar surface area (TPSA) is 76.9 Å². The third-order valence-electron chi connectivity index (χ3n) is 4.14. The molecule has 1 amide bonds. The molecule has 0 saturated carbocycles. The van der Waals surface area contributed by atoms with Crippen LogP contribution in [0.3, 0.4) is 0 Å². The average Bonchev–Trinajstić information content (AvgIpc) is 2.66. The van der Waals surface area contributed by atoms with Gasteiger partial charge < -0.3 is 5.32 Å². The largest absolute Gasteiger partial charge is 0.408 e. The molecule has 0 aromatic carbocycles. The number of halogens is 5. The van der Waals surface area contributed by atoms with Crippen LogP contribution in [0, 0.1) is 0 Å². The van der Waals surface area contributed by atoms with Crippen molar-refractivity contribution in [2.24, 2.45) is 0 Å². The molecule has 29 heavy (non-hydrogen) atoms. The Morgan fingerprint density at radius 1 is 1.28 bits per heavy atom. The van der Waals surface area contributed by atoms with E-state index in [1.807, 2.05) is 5.32 Å². The smallest absolute Gasteiger partial charge is 0.340 e. The monoisotopic (exact) mass is 444 g/mol. The number of nitrogens with one attached hydrogen (secondary N) is 1. The highest BCUT2D eigenvalue weighted by atomic mass is 35.5. The molecule has 0 spiro atoms. The molecule has 3 aromatic heterocycles. The number of hydrogen-bond acceptors (Lipinski definition) is 4. The van der Waals surface area contributed by atoms with Gasteiger partial charge in [-0.05, 0) is 30.7 Å². The lowest BCUT2D eigenvalue weighted by atomic mass is 10.1. The van der Waals surface area contributed by atoms with Gasteiger partial charge in [-0.15, -0.1) is 0 Å². The van der Waals surface area contributed by atoms with Crippen molar-refractivity contribution in [1.29, 1.82) is 0 Å². The molecule has 6 nitrogen and oxygen atoms in total. The summed E-state index contributed by atoms with van der Waals surface area (Å²) in [5, 5.41) is 2.07. The summed E-state index contributed by atoms with van der Waals surface area (Å²) in [5.41, 5.74) is -1.24. The molecule has 3 rings (SSSR count). The molecule has 1 atom stereocenters. The van der Waals surface area contributed by atoms with Crippen molar-refractivity contribution in [3.63, 3.8) is 0 Å². The first-order chi connectivity index (χ1) is 13.6. The summed E-state index contributed by atoms with van der Waals surface area (Å²) in [6, 6.07) is 3.66. The Morgan fingerprint density at radius 3 is 2.62 bits per heavy atom. The van der Waals surface area contributed by atoms with E-state index in [1.165, 1.54) is 35.9 Å². The summed E-state index contributed by atoms with van der Waals surface area (Å²) in [6.45, 7) is 1.27. The number of nitrogens with zero attached hydrogens (tertiary/aromatic N) is 3. The highest BCUT2D eigenvalue weighted by Crippen LogP contribution is 2.24. The molecule has 0 radical (unpaired) electrons. The average molecular weight is 445 g/mol. The molecule has 0 bridgehead atoms. The Bertz CT molecular complexity index is 1150. The van der Waals surface area contributed by atoms with Crippen molar-refractivity contribution in [2.45, 2.75) is 25.6 Å². The predicted molar refractivity (Wildman–Crippen MR) is 103 cm³/mol. The van der Waals surface area contributed by atoms with E-state index in [1.54, 1.807) is 6.07 Å². The van der Waals surface area contributed by atoms with Gasteiger partial charge in [0.05, 0.1) is 10.4 Å². The fourth-order valence-corrected chi connectivity index (χ4v) is 3.06. The minimum Gasteiger partial charge on any atom is -0.340 e. The van der Waals surface area contributed by atoms with Gasteiger partial charge in [-0.1, -0.05) is 30.1 Å². The van der Waals surface area contributed by atoms with E-state index >= 15 is 0 Å². The van der Waals surface area contributed by atoms with E-state index < -0.39 is 29.1 Å². The molecule has 11 heteroatoms. The van der Waals surface area contributed by atoms with Crippen molar-refractivity contribution >= 4 is 40.1 Å². The maximum absolute atomic E-state index is 13.0. The van der Waals surface area contributed by atoms with Crippen LogP contribution in [0.2, 0.25) is 10.2 Å². The van der Waals surface area contributed by atoms with Crippen LogP contribution in [0.15, 0.2) is 41.5 Å². The molecule has 152 valence electrons. The number of hydrogen-bond donors (Lipinski definition) is 1. The summed E-state index contributed by atoms with van der Waals surface area (Å²) < 4.78 is 40.4. The van der Waals surface area contributed by atoms with Gasteiger partial charge in [0.1, 0.15) is 16.8 Å². The number of carbonyl (C=O) groups is 1. The SMILES string of the molecule is CC[C@@H](NC(=O)c1cn(-c2ncccc2Cl)c2nc(Cl)ccc2c1=O)C(F)(F)F. The van der Waals surface area contributed by atoms with Crippen LogP contribution in [0.4, 0.5) is 13.2 Å². The Kier molecular flexibility index (Phi) is 5.81. The van der Waals surface area contributed by atoms with Crippen LogP contribution in [0.5, 0.6) is 0 Å². The number of fused-ring (bicyclic) bond motifs is 1. The van der Waals surface area contributed by atoms with Crippen molar-refractivity contribution in [3.8, 4) is 5.82 Å². The summed E-state index contributed by atoms with van der Waals surface area (Å²) >= 11 is 12.1. The number of alkyl halides is 3. The molecule has 3 aromatic rings. The Hall–Kier alpha value is -2.65. The second-order valence-corrected chi connectivity index (χ2v) is 6.83. The summed E-state index contributed by atoms with van der Waals surface area (Å²) in [5.74, 6) is -1.04. The zero-order valence-corrected chi connectivity index (χ0v) is 16.3. The van der Waals surface area contributed by atoms with E-state index in [0.29, 0.717) is 0 Å². The summed E-state index contributed by atoms with van der Waals surface area (Å²) in [4.78, 5) is 33.5. The molecule has 0 fully saturated rings. The minimum atomic E-state index is -4.65. The van der Waals surface area contributed by atoms with Crippen molar-refractivity contribution in [1.82, 2.24) is 19.9 Å². The normalized spacial score (nSPS) is 12.8. The maximum atomic E-state index is 13.0. The molecule has 3 heterocycles. The van der Waals surface area contributed by atoms with Gasteiger partial charge in [-0.3, -0.25) is 14.2 Å². The highest BCUT2D eigenvalue weighted by molar-refractivity contribution is 6.32. The molecule has 1 N–H and O–H groups in total. The van der Waals surface area contributed by atoms with E-state index in [-0.39, 0.29) is 33.4 Å². The zero-order valence-electron chi connectivity index (χ0n) is 14.8. The predicted octanol–water partition coefficient (Wildman–Crippen LogP) is 4.16. The van der Waals surface area contributed by atoms with Gasteiger partial charge in [0, 0.05) is 12.4 Å². The van der Waals surface area contributed by atoms with E-state index in [2.05, 4.69) is 9.97 Å². The first-order valence-electron chi connectivity index (χ1n) is 8.33. The number of rotatable bonds is 4. The third-order valence-corrected chi connectivity index (χ3v) is 4.64. The van der Waals surface area contributed by atoms with Gasteiger partial charge in [0.15, 0.2) is 11.5 Å². The fourth-order valence-electron chi connectivity index (χ4n) is 2.71. The second kappa shape index (κ2) is 8.00. The second-order valence-electron chi connectivity index (χ2n) is 6.03. The van der Waals surface area contributed by atoms with Crippen molar-refractivity contribution in [2.75, 3.05) is 0 Å². The maximum Gasteiger partial charge on any atom is 0.408 e. The number of pyridine rings is 3. The lowest BCUT2D eigenvalue weighted by molar-refractivity contribution is -0.153.